The molecule has 1 unspecified atom stereocenters. The topological polar surface area (TPSA) is 80.5 Å². The molecule has 0 saturated carbocycles. The number of carbonyl (C=O) groups is 1. The second kappa shape index (κ2) is 10.4. The Kier molecular flexibility index (Phi) is 7.34. The maximum atomic E-state index is 12.5. The number of rotatable bonds is 7. The first-order valence-corrected chi connectivity index (χ1v) is 13.6. The van der Waals surface area contributed by atoms with Gasteiger partial charge in [-0.1, -0.05) is 47.1 Å². The molecule has 6 nitrogen and oxygen atoms in total. The van der Waals surface area contributed by atoms with Crippen LogP contribution in [0.2, 0.25) is 10.0 Å². The van der Waals surface area contributed by atoms with Gasteiger partial charge >= 0.3 is 0 Å². The van der Waals surface area contributed by atoms with Crippen LogP contribution in [-0.2, 0) is 22.5 Å². The summed E-state index contributed by atoms with van der Waals surface area (Å²) < 4.78 is 6.77. The number of amides is 1. The molecule has 1 amide bonds. The number of nitrogens with two attached hydrogens (primary N) is 1. The second-order valence-electron chi connectivity index (χ2n) is 8.41. The van der Waals surface area contributed by atoms with Crippen LogP contribution < -0.4 is 11.1 Å². The normalized spacial score (nSPS) is 17.4. The number of nitrogen functional groups attached to an aromatic ring is 1. The van der Waals surface area contributed by atoms with Crippen LogP contribution in [0.1, 0.15) is 16.0 Å². The Morgan fingerprint density at radius 3 is 3.00 bits per heavy atom. The summed E-state index contributed by atoms with van der Waals surface area (Å²) >= 11 is 15.3. The van der Waals surface area contributed by atoms with E-state index in [2.05, 4.69) is 16.3 Å². The molecule has 1 aromatic heterocycles. The van der Waals surface area contributed by atoms with E-state index in [4.69, 9.17) is 38.7 Å². The van der Waals surface area contributed by atoms with Gasteiger partial charge in [-0.3, -0.25) is 9.69 Å². The molecule has 178 valence electrons. The zero-order chi connectivity index (χ0) is 23.7. The van der Waals surface area contributed by atoms with Crippen LogP contribution >= 0.6 is 46.3 Å². The average Bonchev–Trinajstić information content (AvgIpc) is 3.37. The van der Waals surface area contributed by atoms with Crippen molar-refractivity contribution in [2.45, 2.75) is 23.4 Å². The summed E-state index contributed by atoms with van der Waals surface area (Å²) in [5.74, 6) is 0.311. The van der Waals surface area contributed by atoms with Crippen molar-refractivity contribution in [1.82, 2.24) is 15.2 Å². The van der Waals surface area contributed by atoms with E-state index in [1.807, 2.05) is 30.3 Å². The van der Waals surface area contributed by atoms with Crippen molar-refractivity contribution in [2.24, 2.45) is 0 Å². The van der Waals surface area contributed by atoms with Crippen molar-refractivity contribution in [2.75, 3.05) is 37.7 Å². The van der Waals surface area contributed by atoms with Crippen LogP contribution in [0, 0.1) is 0 Å². The standard InChI is InChI=1S/C24H24Cl2N4O2S2/c25-19-4-1-14(7-20(19)26)11-30-5-6-32-17(12-30)10-28-22(31)13-33-24-29-23-18-9-16(27)3-2-15(18)8-21(23)34-24/h1-4,7,9,17H,5-6,8,10-13,27H2,(H,28,31). The Morgan fingerprint density at radius 1 is 1.26 bits per heavy atom. The molecular weight excluding hydrogens is 511 g/mol. The summed E-state index contributed by atoms with van der Waals surface area (Å²) in [6, 6.07) is 11.7. The van der Waals surface area contributed by atoms with Gasteiger partial charge in [-0.2, -0.15) is 0 Å². The van der Waals surface area contributed by atoms with E-state index in [1.54, 1.807) is 11.3 Å². The molecule has 0 spiro atoms. The van der Waals surface area contributed by atoms with Crippen LogP contribution in [0.5, 0.6) is 0 Å². The molecule has 1 atom stereocenters. The van der Waals surface area contributed by atoms with Gasteiger partial charge < -0.3 is 15.8 Å². The number of thiazole rings is 1. The van der Waals surface area contributed by atoms with Crippen LogP contribution in [0.4, 0.5) is 5.69 Å². The number of ether oxygens (including phenoxy) is 1. The maximum absolute atomic E-state index is 12.5. The summed E-state index contributed by atoms with van der Waals surface area (Å²) in [5.41, 5.74) is 11.2. The van der Waals surface area contributed by atoms with Gasteiger partial charge in [0.05, 0.1) is 34.2 Å². The number of aromatic nitrogens is 1. The molecule has 0 radical (unpaired) electrons. The first-order chi connectivity index (χ1) is 16.4. The van der Waals surface area contributed by atoms with E-state index < -0.39 is 0 Å². The Morgan fingerprint density at radius 2 is 2.15 bits per heavy atom. The van der Waals surface area contributed by atoms with Gasteiger partial charge in [0.1, 0.15) is 0 Å². The zero-order valence-corrected chi connectivity index (χ0v) is 21.5. The zero-order valence-electron chi connectivity index (χ0n) is 18.4. The summed E-state index contributed by atoms with van der Waals surface area (Å²) in [7, 11) is 0. The highest BCUT2D eigenvalue weighted by Gasteiger charge is 2.24. The molecule has 34 heavy (non-hydrogen) atoms. The lowest BCUT2D eigenvalue weighted by molar-refractivity contribution is -0.119. The largest absolute Gasteiger partial charge is 0.399 e. The maximum Gasteiger partial charge on any atom is 0.230 e. The predicted molar refractivity (Wildman–Crippen MR) is 140 cm³/mol. The van der Waals surface area contributed by atoms with Crippen LogP contribution in [0.15, 0.2) is 40.7 Å². The molecule has 0 bridgehead atoms. The highest BCUT2D eigenvalue weighted by molar-refractivity contribution is 8.01. The molecular formula is C24H24Cl2N4O2S2. The highest BCUT2D eigenvalue weighted by Crippen LogP contribution is 2.42. The van der Waals surface area contributed by atoms with Gasteiger partial charge in [0.25, 0.3) is 0 Å². The summed E-state index contributed by atoms with van der Waals surface area (Å²) in [6.07, 6.45) is 0.837. The number of thioether (sulfide) groups is 1. The van der Waals surface area contributed by atoms with Crippen molar-refractivity contribution in [3.63, 3.8) is 0 Å². The molecule has 1 saturated heterocycles. The molecule has 3 aromatic rings. The third kappa shape index (κ3) is 5.53. The first kappa shape index (κ1) is 23.9. The van der Waals surface area contributed by atoms with Gasteiger partial charge in [0.15, 0.2) is 4.34 Å². The summed E-state index contributed by atoms with van der Waals surface area (Å²) in [5, 5.41) is 4.13. The molecule has 2 heterocycles. The third-order valence-corrected chi connectivity index (χ3v) is 8.82. The van der Waals surface area contributed by atoms with E-state index in [-0.39, 0.29) is 12.0 Å². The number of anilines is 1. The van der Waals surface area contributed by atoms with E-state index >= 15 is 0 Å². The van der Waals surface area contributed by atoms with Gasteiger partial charge in [-0.15, -0.1) is 11.3 Å². The van der Waals surface area contributed by atoms with Crippen molar-refractivity contribution < 1.29 is 9.53 Å². The van der Waals surface area contributed by atoms with Crippen LogP contribution in [0.3, 0.4) is 0 Å². The highest BCUT2D eigenvalue weighted by atomic mass is 35.5. The van der Waals surface area contributed by atoms with Crippen molar-refractivity contribution in [1.29, 1.82) is 0 Å². The molecule has 2 aromatic carbocycles. The van der Waals surface area contributed by atoms with Crippen molar-refractivity contribution in [3.8, 4) is 11.3 Å². The lowest BCUT2D eigenvalue weighted by Crippen LogP contribution is -2.47. The van der Waals surface area contributed by atoms with E-state index in [0.29, 0.717) is 28.9 Å². The molecule has 2 aliphatic rings. The number of hydrogen-bond acceptors (Lipinski definition) is 7. The molecule has 10 heteroatoms. The number of benzene rings is 2. The SMILES string of the molecule is Nc1ccc2c(c1)-c1nc(SCC(=O)NCC3CN(Cc4ccc(Cl)c(Cl)c4)CCO3)sc1C2. The number of fused-ring (bicyclic) bond motifs is 3. The Hall–Kier alpha value is -1.81. The summed E-state index contributed by atoms with van der Waals surface area (Å²) in [6.45, 7) is 3.47. The minimum Gasteiger partial charge on any atom is -0.399 e. The number of hydrogen-bond donors (Lipinski definition) is 2. The van der Waals surface area contributed by atoms with Crippen LogP contribution in [-0.4, -0.2) is 53.9 Å². The lowest BCUT2D eigenvalue weighted by Gasteiger charge is -2.33. The second-order valence-corrected chi connectivity index (χ2v) is 11.5. The van der Waals surface area contributed by atoms with E-state index in [1.165, 1.54) is 22.2 Å². The minimum absolute atomic E-state index is 0.0183. The third-order valence-electron chi connectivity index (χ3n) is 5.88. The number of nitrogens with zero attached hydrogens (tertiary/aromatic N) is 2. The molecule has 1 aliphatic heterocycles. The van der Waals surface area contributed by atoms with Gasteiger partial charge in [-0.05, 0) is 35.4 Å². The fourth-order valence-corrected chi connectivity index (χ4v) is 6.59. The molecule has 1 aliphatic carbocycles. The average molecular weight is 536 g/mol. The smallest absolute Gasteiger partial charge is 0.230 e. The lowest BCUT2D eigenvalue weighted by atomic mass is 10.1. The minimum atomic E-state index is -0.0453. The first-order valence-electron chi connectivity index (χ1n) is 11.0. The van der Waals surface area contributed by atoms with Crippen LogP contribution in [0.25, 0.3) is 11.3 Å². The van der Waals surface area contributed by atoms with Gasteiger partial charge in [0, 0.05) is 48.7 Å². The number of morpholine rings is 1. The predicted octanol–water partition coefficient (Wildman–Crippen LogP) is 4.71. The Labute approximate surface area is 216 Å². The van der Waals surface area contributed by atoms with Gasteiger partial charge in [-0.25, -0.2) is 4.98 Å². The molecule has 3 N–H and O–H groups in total. The number of carbonyl (C=O) groups excluding carboxylic acids is 1. The van der Waals surface area contributed by atoms with Crippen molar-refractivity contribution >= 4 is 57.9 Å². The molecule has 1 fully saturated rings. The van der Waals surface area contributed by atoms with Crippen molar-refractivity contribution in [3.05, 3.63) is 62.4 Å². The number of halogens is 2. The van der Waals surface area contributed by atoms with Gasteiger partial charge in [0.2, 0.25) is 5.91 Å². The monoisotopic (exact) mass is 534 g/mol. The fraction of sp³-hybridized carbons (Fsp3) is 0.333. The Bertz CT molecular complexity index is 1220. The summed E-state index contributed by atoms with van der Waals surface area (Å²) in [4.78, 5) is 20.7. The van der Waals surface area contributed by atoms with E-state index in [9.17, 15) is 4.79 Å². The fourth-order valence-electron chi connectivity index (χ4n) is 4.21. The Balaban J connectivity index is 1.08. The van der Waals surface area contributed by atoms with E-state index in [0.717, 1.165) is 52.9 Å². The quantitative estimate of drug-likeness (QED) is 0.264. The molecule has 5 rings (SSSR count). The number of nitrogens with one attached hydrogen (secondary N) is 1.